The number of nitrogens with zero attached hydrogens (tertiary/aromatic N) is 2. The number of aliphatic imine (C=N–C) groups is 1. The van der Waals surface area contributed by atoms with Crippen LogP contribution < -0.4 is 20.1 Å². The summed E-state index contributed by atoms with van der Waals surface area (Å²) in [6.07, 6.45) is 2.57. The zero-order valence-electron chi connectivity index (χ0n) is 16.6. The molecule has 2 N–H and O–H groups in total. The van der Waals surface area contributed by atoms with Gasteiger partial charge >= 0.3 is 0 Å². The SMILES string of the molecule is CN=C(NCCOc1ccc(OC)cc1)NCC1CCCN(C(C)C)C1. The van der Waals surface area contributed by atoms with Crippen LogP contribution in [0.1, 0.15) is 26.7 Å². The Morgan fingerprint density at radius 1 is 1.23 bits per heavy atom. The van der Waals surface area contributed by atoms with Crippen molar-refractivity contribution in [2.24, 2.45) is 10.9 Å². The molecule has 0 aromatic heterocycles. The van der Waals surface area contributed by atoms with Gasteiger partial charge in [0.1, 0.15) is 18.1 Å². The molecule has 2 rings (SSSR count). The third kappa shape index (κ3) is 6.75. The molecule has 1 saturated heterocycles. The van der Waals surface area contributed by atoms with Crippen molar-refractivity contribution in [3.63, 3.8) is 0 Å². The molecule has 1 fully saturated rings. The van der Waals surface area contributed by atoms with E-state index in [1.165, 1.54) is 25.9 Å². The summed E-state index contributed by atoms with van der Waals surface area (Å²) in [5.74, 6) is 3.19. The number of rotatable bonds is 8. The van der Waals surface area contributed by atoms with Crippen molar-refractivity contribution in [3.05, 3.63) is 24.3 Å². The molecule has 1 aromatic carbocycles. The quantitative estimate of drug-likeness (QED) is 0.422. The molecule has 0 saturated carbocycles. The molecule has 0 bridgehead atoms. The predicted octanol–water partition coefficient (Wildman–Crippen LogP) is 2.36. The van der Waals surface area contributed by atoms with E-state index < -0.39 is 0 Å². The number of likely N-dealkylation sites (tertiary alicyclic amines) is 1. The third-order valence-corrected chi connectivity index (χ3v) is 4.79. The molecule has 6 heteroatoms. The number of piperidine rings is 1. The number of methoxy groups -OCH3 is 1. The third-order valence-electron chi connectivity index (χ3n) is 4.79. The second kappa shape index (κ2) is 10.9. The molecule has 0 spiro atoms. The Bertz CT molecular complexity index is 545. The lowest BCUT2D eigenvalue weighted by Gasteiger charge is -2.35. The molecular weight excluding hydrogens is 328 g/mol. The van der Waals surface area contributed by atoms with Gasteiger partial charge in [-0.15, -0.1) is 0 Å². The van der Waals surface area contributed by atoms with E-state index in [1.54, 1.807) is 14.2 Å². The molecule has 1 atom stereocenters. The van der Waals surface area contributed by atoms with Crippen LogP contribution in [0.15, 0.2) is 29.3 Å². The highest BCUT2D eigenvalue weighted by Crippen LogP contribution is 2.18. The standard InChI is InChI=1S/C20H34N4O2/c1-16(2)24-12-5-6-17(15-24)14-23-20(21-3)22-11-13-26-19-9-7-18(25-4)8-10-19/h7-10,16-17H,5-6,11-15H2,1-4H3,(H2,21,22,23). The molecular formula is C20H34N4O2. The Morgan fingerprint density at radius 2 is 1.96 bits per heavy atom. The van der Waals surface area contributed by atoms with Crippen molar-refractivity contribution in [2.75, 3.05) is 46.9 Å². The molecule has 1 heterocycles. The Balaban J connectivity index is 1.64. The first-order chi connectivity index (χ1) is 12.6. The zero-order valence-corrected chi connectivity index (χ0v) is 16.6. The van der Waals surface area contributed by atoms with Crippen LogP contribution in [0.5, 0.6) is 11.5 Å². The van der Waals surface area contributed by atoms with Crippen LogP contribution in [0.3, 0.4) is 0 Å². The van der Waals surface area contributed by atoms with Crippen molar-refractivity contribution < 1.29 is 9.47 Å². The maximum atomic E-state index is 5.73. The van der Waals surface area contributed by atoms with Gasteiger partial charge in [-0.3, -0.25) is 4.99 Å². The van der Waals surface area contributed by atoms with E-state index in [2.05, 4.69) is 34.4 Å². The number of benzene rings is 1. The highest BCUT2D eigenvalue weighted by molar-refractivity contribution is 5.79. The fourth-order valence-corrected chi connectivity index (χ4v) is 3.20. The molecule has 146 valence electrons. The van der Waals surface area contributed by atoms with E-state index in [9.17, 15) is 0 Å². The van der Waals surface area contributed by atoms with Crippen molar-refractivity contribution >= 4 is 5.96 Å². The number of hydrogen-bond acceptors (Lipinski definition) is 4. The summed E-state index contributed by atoms with van der Waals surface area (Å²) < 4.78 is 10.9. The first-order valence-electron chi connectivity index (χ1n) is 9.57. The van der Waals surface area contributed by atoms with Crippen molar-refractivity contribution in [1.29, 1.82) is 0 Å². The summed E-state index contributed by atoms with van der Waals surface area (Å²) in [5.41, 5.74) is 0. The lowest BCUT2D eigenvalue weighted by Crippen LogP contribution is -2.46. The normalized spacial score (nSPS) is 18.7. The van der Waals surface area contributed by atoms with Gasteiger partial charge in [-0.05, 0) is 63.4 Å². The van der Waals surface area contributed by atoms with Crippen molar-refractivity contribution in [1.82, 2.24) is 15.5 Å². The van der Waals surface area contributed by atoms with Crippen LogP contribution in [-0.4, -0.2) is 63.8 Å². The highest BCUT2D eigenvalue weighted by Gasteiger charge is 2.21. The fourth-order valence-electron chi connectivity index (χ4n) is 3.20. The first-order valence-corrected chi connectivity index (χ1v) is 9.57. The summed E-state index contributed by atoms with van der Waals surface area (Å²) in [6, 6.07) is 8.25. The van der Waals surface area contributed by atoms with Gasteiger partial charge in [-0.2, -0.15) is 0 Å². The summed E-state index contributed by atoms with van der Waals surface area (Å²) in [6.45, 7) is 9.19. The maximum absolute atomic E-state index is 5.73. The largest absolute Gasteiger partial charge is 0.497 e. The summed E-state index contributed by atoms with van der Waals surface area (Å²) in [5, 5.41) is 6.76. The Hall–Kier alpha value is -1.95. The van der Waals surface area contributed by atoms with Crippen LogP contribution in [-0.2, 0) is 0 Å². The molecule has 1 aromatic rings. The van der Waals surface area contributed by atoms with Crippen LogP contribution in [0.4, 0.5) is 0 Å². The second-order valence-corrected chi connectivity index (χ2v) is 7.00. The first kappa shape index (κ1) is 20.4. The van der Waals surface area contributed by atoms with Gasteiger partial charge in [-0.25, -0.2) is 0 Å². The molecule has 1 unspecified atom stereocenters. The monoisotopic (exact) mass is 362 g/mol. The smallest absolute Gasteiger partial charge is 0.191 e. The minimum atomic E-state index is 0.581. The molecule has 26 heavy (non-hydrogen) atoms. The van der Waals surface area contributed by atoms with Gasteiger partial charge in [-0.1, -0.05) is 0 Å². The number of guanidine groups is 1. The van der Waals surface area contributed by atoms with E-state index in [4.69, 9.17) is 9.47 Å². The van der Waals surface area contributed by atoms with Crippen molar-refractivity contribution in [2.45, 2.75) is 32.7 Å². The van der Waals surface area contributed by atoms with Gasteiger partial charge in [0.25, 0.3) is 0 Å². The highest BCUT2D eigenvalue weighted by atomic mass is 16.5. The van der Waals surface area contributed by atoms with Gasteiger partial charge in [0.15, 0.2) is 5.96 Å². The van der Waals surface area contributed by atoms with Crippen LogP contribution in [0, 0.1) is 5.92 Å². The predicted molar refractivity (Wildman–Crippen MR) is 107 cm³/mol. The van der Waals surface area contributed by atoms with Gasteiger partial charge in [0, 0.05) is 26.2 Å². The summed E-state index contributed by atoms with van der Waals surface area (Å²) in [7, 11) is 3.47. The fraction of sp³-hybridized carbons (Fsp3) is 0.650. The number of ether oxygens (including phenoxy) is 2. The van der Waals surface area contributed by atoms with E-state index in [0.29, 0.717) is 25.1 Å². The van der Waals surface area contributed by atoms with Gasteiger partial charge in [0.05, 0.1) is 13.7 Å². The van der Waals surface area contributed by atoms with Crippen molar-refractivity contribution in [3.8, 4) is 11.5 Å². The summed E-state index contributed by atoms with van der Waals surface area (Å²) >= 11 is 0. The van der Waals surface area contributed by atoms with E-state index in [1.807, 2.05) is 24.3 Å². The Kier molecular flexibility index (Phi) is 8.54. The number of hydrogen-bond donors (Lipinski definition) is 2. The van der Waals surface area contributed by atoms with Crippen LogP contribution in [0.25, 0.3) is 0 Å². The summed E-state index contributed by atoms with van der Waals surface area (Å²) in [4.78, 5) is 6.87. The van der Waals surface area contributed by atoms with Crippen LogP contribution >= 0.6 is 0 Å². The molecule has 6 nitrogen and oxygen atoms in total. The molecule has 1 aliphatic heterocycles. The minimum absolute atomic E-state index is 0.581. The Morgan fingerprint density at radius 3 is 2.62 bits per heavy atom. The zero-order chi connectivity index (χ0) is 18.8. The van der Waals surface area contributed by atoms with Crippen LogP contribution in [0.2, 0.25) is 0 Å². The van der Waals surface area contributed by atoms with E-state index in [-0.39, 0.29) is 0 Å². The molecule has 0 radical (unpaired) electrons. The lowest BCUT2D eigenvalue weighted by molar-refractivity contribution is 0.141. The lowest BCUT2D eigenvalue weighted by atomic mass is 9.97. The second-order valence-electron chi connectivity index (χ2n) is 7.00. The van der Waals surface area contributed by atoms with Gasteiger partial charge < -0.3 is 25.0 Å². The van der Waals surface area contributed by atoms with Gasteiger partial charge in [0.2, 0.25) is 0 Å². The molecule has 1 aliphatic rings. The Labute approximate surface area is 158 Å². The average Bonchev–Trinajstić information content (AvgIpc) is 2.68. The minimum Gasteiger partial charge on any atom is -0.497 e. The molecule has 0 amide bonds. The van der Waals surface area contributed by atoms with E-state index >= 15 is 0 Å². The topological polar surface area (TPSA) is 58.1 Å². The van der Waals surface area contributed by atoms with E-state index in [0.717, 1.165) is 24.0 Å². The average molecular weight is 363 g/mol. The number of nitrogens with one attached hydrogen (secondary N) is 2. The molecule has 0 aliphatic carbocycles. The maximum Gasteiger partial charge on any atom is 0.191 e.